The van der Waals surface area contributed by atoms with Crippen LogP contribution in [0.1, 0.15) is 0 Å². The number of anilines is 1. The summed E-state index contributed by atoms with van der Waals surface area (Å²) in [5, 5.41) is 10.6. The third-order valence-corrected chi connectivity index (χ3v) is 8.61. The number of nitrogens with zero attached hydrogens (tertiary/aromatic N) is 2. The number of hydrogen-bond donors (Lipinski definition) is 1. The molecule has 0 amide bonds. The summed E-state index contributed by atoms with van der Waals surface area (Å²) >= 11 is 3.85. The highest BCUT2D eigenvalue weighted by Gasteiger charge is 2.23. The molecule has 13 heteroatoms. The monoisotopic (exact) mass is 503 g/mol. The summed E-state index contributed by atoms with van der Waals surface area (Å²) in [6.07, 6.45) is 1.03. The number of hydrogen-bond acceptors (Lipinski definition) is 8. The number of non-ortho nitro benzene ring substituents is 1. The molecule has 1 aromatic heterocycles. The molecule has 0 aliphatic rings. The van der Waals surface area contributed by atoms with E-state index in [1.807, 2.05) is 0 Å². The van der Waals surface area contributed by atoms with E-state index in [9.17, 15) is 26.9 Å². The molecule has 0 bridgehead atoms. The third-order valence-electron chi connectivity index (χ3n) is 3.45. The van der Waals surface area contributed by atoms with Gasteiger partial charge in [-0.15, -0.1) is 0 Å². The lowest BCUT2D eigenvalue weighted by atomic mass is 10.3. The molecule has 1 N–H and O–H groups in total. The standard InChI is InChI=1S/C15H10BrN3O6S3/c16-10-1-5-13(6-2-10)28(24,25)18-15-17-9-14(26-15)27(22,23)12-7-3-11(4-8-12)19(20)21/h1-9H,(H,17,18). The van der Waals surface area contributed by atoms with Gasteiger partial charge in [0.2, 0.25) is 9.84 Å². The molecule has 0 spiro atoms. The predicted octanol–water partition coefficient (Wildman–Crippen LogP) is 3.45. The normalized spacial score (nSPS) is 11.9. The molecule has 146 valence electrons. The Morgan fingerprint density at radius 3 is 2.11 bits per heavy atom. The van der Waals surface area contributed by atoms with Crippen molar-refractivity contribution in [3.63, 3.8) is 0 Å². The van der Waals surface area contributed by atoms with Crippen LogP contribution < -0.4 is 4.72 Å². The first-order chi connectivity index (χ1) is 13.1. The van der Waals surface area contributed by atoms with Gasteiger partial charge in [0.25, 0.3) is 15.7 Å². The van der Waals surface area contributed by atoms with Gasteiger partial charge in [0, 0.05) is 16.6 Å². The molecule has 0 unspecified atom stereocenters. The van der Waals surface area contributed by atoms with Crippen molar-refractivity contribution < 1.29 is 21.8 Å². The minimum atomic E-state index is -3.99. The summed E-state index contributed by atoms with van der Waals surface area (Å²) < 4.78 is 52.7. The van der Waals surface area contributed by atoms with Crippen LogP contribution in [0.3, 0.4) is 0 Å². The molecule has 0 aliphatic heterocycles. The van der Waals surface area contributed by atoms with E-state index in [4.69, 9.17) is 0 Å². The fraction of sp³-hybridized carbons (Fsp3) is 0. The summed E-state index contributed by atoms with van der Waals surface area (Å²) in [7, 11) is -7.93. The average molecular weight is 504 g/mol. The minimum absolute atomic E-state index is 0.00863. The lowest BCUT2D eigenvalue weighted by molar-refractivity contribution is -0.384. The van der Waals surface area contributed by atoms with Crippen molar-refractivity contribution >= 4 is 57.9 Å². The molecule has 28 heavy (non-hydrogen) atoms. The van der Waals surface area contributed by atoms with Crippen molar-refractivity contribution in [3.8, 4) is 0 Å². The van der Waals surface area contributed by atoms with Gasteiger partial charge in [0.1, 0.15) is 4.21 Å². The van der Waals surface area contributed by atoms with Gasteiger partial charge in [-0.25, -0.2) is 21.8 Å². The second-order valence-electron chi connectivity index (χ2n) is 5.30. The molecule has 3 aromatic rings. The first kappa shape index (κ1) is 20.4. The number of sulfonamides is 1. The molecule has 0 fully saturated rings. The van der Waals surface area contributed by atoms with Crippen LogP contribution in [-0.2, 0) is 19.9 Å². The average Bonchev–Trinajstić information content (AvgIpc) is 3.10. The van der Waals surface area contributed by atoms with Gasteiger partial charge < -0.3 is 0 Å². The Labute approximate surface area is 172 Å². The van der Waals surface area contributed by atoms with Gasteiger partial charge in [0.15, 0.2) is 5.13 Å². The summed E-state index contributed by atoms with van der Waals surface area (Å²) in [5.74, 6) is 0. The molecular weight excluding hydrogens is 494 g/mol. The molecule has 0 radical (unpaired) electrons. The Kier molecular flexibility index (Phi) is 5.52. The summed E-state index contributed by atoms with van der Waals surface area (Å²) in [4.78, 5) is 13.7. The maximum atomic E-state index is 12.6. The number of thiazole rings is 1. The number of nitro groups is 1. The number of benzene rings is 2. The SMILES string of the molecule is O=[N+]([O-])c1ccc(S(=O)(=O)c2cnc(NS(=O)(=O)c3ccc(Br)cc3)s2)cc1. The first-order valence-corrected chi connectivity index (χ1v) is 11.9. The second-order valence-corrected chi connectivity index (χ2v) is 11.1. The van der Waals surface area contributed by atoms with Crippen LogP contribution in [0, 0.1) is 10.1 Å². The minimum Gasteiger partial charge on any atom is -0.258 e. The van der Waals surface area contributed by atoms with E-state index in [1.54, 1.807) is 12.1 Å². The van der Waals surface area contributed by atoms with E-state index < -0.39 is 24.8 Å². The third kappa shape index (κ3) is 4.22. The number of nitro benzene ring substituents is 1. The molecule has 1 heterocycles. The van der Waals surface area contributed by atoms with Gasteiger partial charge in [-0.3, -0.25) is 14.8 Å². The van der Waals surface area contributed by atoms with E-state index in [-0.39, 0.29) is 24.8 Å². The summed E-state index contributed by atoms with van der Waals surface area (Å²) in [6.45, 7) is 0. The Hall–Kier alpha value is -2.35. The van der Waals surface area contributed by atoms with Crippen LogP contribution in [0.15, 0.2) is 73.2 Å². The lowest BCUT2D eigenvalue weighted by Gasteiger charge is -2.05. The number of sulfone groups is 1. The van der Waals surface area contributed by atoms with Gasteiger partial charge >= 0.3 is 0 Å². The number of aromatic nitrogens is 1. The van der Waals surface area contributed by atoms with Crippen molar-refractivity contribution in [2.75, 3.05) is 4.72 Å². The zero-order valence-electron chi connectivity index (χ0n) is 13.6. The molecule has 0 saturated heterocycles. The number of nitrogens with one attached hydrogen (secondary N) is 1. The summed E-state index contributed by atoms with van der Waals surface area (Å²) in [6, 6.07) is 10.2. The maximum absolute atomic E-state index is 12.6. The van der Waals surface area contributed by atoms with Crippen LogP contribution in [0.5, 0.6) is 0 Å². The van der Waals surface area contributed by atoms with Crippen LogP contribution in [-0.4, -0.2) is 26.7 Å². The zero-order valence-corrected chi connectivity index (χ0v) is 17.7. The number of rotatable bonds is 6. The fourth-order valence-electron chi connectivity index (χ4n) is 2.08. The molecule has 0 saturated carbocycles. The molecule has 9 nitrogen and oxygen atoms in total. The maximum Gasteiger partial charge on any atom is 0.269 e. The fourth-order valence-corrected chi connectivity index (χ4v) is 6.02. The molecular formula is C15H10BrN3O6S3. The lowest BCUT2D eigenvalue weighted by Crippen LogP contribution is -2.12. The molecule has 0 aliphatic carbocycles. The number of halogens is 1. The second kappa shape index (κ2) is 7.58. The molecule has 3 rings (SSSR count). The van der Waals surface area contributed by atoms with E-state index in [2.05, 4.69) is 25.6 Å². The quantitative estimate of drug-likeness (QED) is 0.401. The van der Waals surface area contributed by atoms with E-state index >= 15 is 0 Å². The van der Waals surface area contributed by atoms with Gasteiger partial charge in [-0.05, 0) is 36.4 Å². The highest BCUT2D eigenvalue weighted by atomic mass is 79.9. The topological polar surface area (TPSA) is 136 Å². The largest absolute Gasteiger partial charge is 0.269 e. The smallest absolute Gasteiger partial charge is 0.258 e. The van der Waals surface area contributed by atoms with Gasteiger partial charge in [-0.1, -0.05) is 27.3 Å². The Balaban J connectivity index is 1.86. The van der Waals surface area contributed by atoms with E-state index in [0.717, 1.165) is 30.5 Å². The highest BCUT2D eigenvalue weighted by Crippen LogP contribution is 2.30. The van der Waals surface area contributed by atoms with Crippen molar-refractivity contribution in [2.45, 2.75) is 14.0 Å². The van der Waals surface area contributed by atoms with Crippen LogP contribution in [0.25, 0.3) is 0 Å². The molecule has 2 aromatic carbocycles. The Morgan fingerprint density at radius 2 is 1.54 bits per heavy atom. The van der Waals surface area contributed by atoms with Crippen molar-refractivity contribution in [1.82, 2.24) is 4.98 Å². The predicted molar refractivity (Wildman–Crippen MR) is 106 cm³/mol. The zero-order chi connectivity index (χ0) is 20.5. The summed E-state index contributed by atoms with van der Waals surface area (Å²) in [5.41, 5.74) is -0.244. The Morgan fingerprint density at radius 1 is 0.964 bits per heavy atom. The first-order valence-electron chi connectivity index (χ1n) is 7.33. The molecule has 0 atom stereocenters. The van der Waals surface area contributed by atoms with Crippen LogP contribution in [0.2, 0.25) is 0 Å². The van der Waals surface area contributed by atoms with Crippen molar-refractivity contribution in [3.05, 3.63) is 69.3 Å². The van der Waals surface area contributed by atoms with Crippen LogP contribution >= 0.6 is 27.3 Å². The van der Waals surface area contributed by atoms with Crippen molar-refractivity contribution in [2.24, 2.45) is 0 Å². The van der Waals surface area contributed by atoms with Crippen LogP contribution in [0.4, 0.5) is 10.8 Å². The Bertz CT molecular complexity index is 1240. The van der Waals surface area contributed by atoms with Crippen molar-refractivity contribution in [1.29, 1.82) is 0 Å². The van der Waals surface area contributed by atoms with Gasteiger partial charge in [-0.2, -0.15) is 0 Å². The van der Waals surface area contributed by atoms with E-state index in [1.165, 1.54) is 12.1 Å². The van der Waals surface area contributed by atoms with Gasteiger partial charge in [0.05, 0.1) is 20.9 Å². The highest BCUT2D eigenvalue weighted by molar-refractivity contribution is 9.10. The van der Waals surface area contributed by atoms with E-state index in [0.29, 0.717) is 15.8 Å².